The first kappa shape index (κ1) is 16.9. The number of hydrogen-bond acceptors (Lipinski definition) is 4. The SMILES string of the molecule is NC1CCC(Oc2ccc(C(=O)N3C4CCC3CC(O)C4)cc2)CC1. The summed E-state index contributed by atoms with van der Waals surface area (Å²) in [6.45, 7) is 0. The van der Waals surface area contributed by atoms with Gasteiger partial charge in [0.1, 0.15) is 5.75 Å². The van der Waals surface area contributed by atoms with E-state index in [1.807, 2.05) is 29.2 Å². The highest BCUT2D eigenvalue weighted by Crippen LogP contribution is 2.37. The van der Waals surface area contributed by atoms with Gasteiger partial charge >= 0.3 is 0 Å². The van der Waals surface area contributed by atoms with Crippen molar-refractivity contribution in [2.75, 3.05) is 0 Å². The second-order valence-electron chi connectivity index (χ2n) is 7.90. The highest BCUT2D eigenvalue weighted by atomic mass is 16.5. The summed E-state index contributed by atoms with van der Waals surface area (Å²) >= 11 is 0. The lowest BCUT2D eigenvalue weighted by Gasteiger charge is -2.37. The fourth-order valence-electron chi connectivity index (χ4n) is 4.70. The predicted molar refractivity (Wildman–Crippen MR) is 95.5 cm³/mol. The van der Waals surface area contributed by atoms with Gasteiger partial charge in [-0.15, -0.1) is 0 Å². The second kappa shape index (κ2) is 6.96. The molecule has 1 aromatic carbocycles. The minimum Gasteiger partial charge on any atom is -0.490 e. The maximum absolute atomic E-state index is 12.9. The minimum absolute atomic E-state index is 0.0922. The lowest BCUT2D eigenvalue weighted by molar-refractivity contribution is 0.0287. The van der Waals surface area contributed by atoms with Crippen LogP contribution in [0.15, 0.2) is 24.3 Å². The van der Waals surface area contributed by atoms with Crippen LogP contribution in [0.25, 0.3) is 0 Å². The molecule has 3 aliphatic rings. The Balaban J connectivity index is 1.39. The summed E-state index contributed by atoms with van der Waals surface area (Å²) in [4.78, 5) is 14.9. The summed E-state index contributed by atoms with van der Waals surface area (Å²) in [6, 6.07) is 8.27. The summed E-state index contributed by atoms with van der Waals surface area (Å²) in [5.74, 6) is 0.920. The zero-order chi connectivity index (χ0) is 17.4. The predicted octanol–water partition coefficient (Wildman–Crippen LogP) is 2.46. The van der Waals surface area contributed by atoms with Gasteiger partial charge < -0.3 is 20.5 Å². The third kappa shape index (κ3) is 3.53. The van der Waals surface area contributed by atoms with Crippen LogP contribution in [-0.2, 0) is 0 Å². The lowest BCUT2D eigenvalue weighted by atomic mass is 9.94. The van der Waals surface area contributed by atoms with Crippen molar-refractivity contribution in [1.29, 1.82) is 0 Å². The topological polar surface area (TPSA) is 75.8 Å². The average Bonchev–Trinajstić information content (AvgIpc) is 2.88. The molecule has 4 rings (SSSR count). The standard InChI is InChI=1S/C20H28N2O3/c21-14-3-9-19(10-4-14)25-18-7-1-13(2-8-18)20(24)22-15-5-6-16(22)12-17(23)11-15/h1-2,7-8,14-17,19,23H,3-6,9-12,21H2. The van der Waals surface area contributed by atoms with E-state index >= 15 is 0 Å². The van der Waals surface area contributed by atoms with Gasteiger partial charge in [-0.1, -0.05) is 0 Å². The molecule has 25 heavy (non-hydrogen) atoms. The normalized spacial score (nSPS) is 34.8. The molecule has 0 spiro atoms. The van der Waals surface area contributed by atoms with Gasteiger partial charge in [0.05, 0.1) is 12.2 Å². The van der Waals surface area contributed by atoms with Gasteiger partial charge in [-0.25, -0.2) is 0 Å². The largest absolute Gasteiger partial charge is 0.490 e. The molecule has 5 nitrogen and oxygen atoms in total. The Morgan fingerprint density at radius 3 is 2.20 bits per heavy atom. The zero-order valence-electron chi connectivity index (χ0n) is 14.6. The molecule has 3 fully saturated rings. The van der Waals surface area contributed by atoms with Crippen LogP contribution in [0.3, 0.4) is 0 Å². The molecule has 2 bridgehead atoms. The average molecular weight is 344 g/mol. The first-order chi connectivity index (χ1) is 12.1. The number of hydrogen-bond donors (Lipinski definition) is 2. The third-order valence-electron chi connectivity index (χ3n) is 6.07. The quantitative estimate of drug-likeness (QED) is 0.883. The van der Waals surface area contributed by atoms with E-state index in [2.05, 4.69) is 0 Å². The molecule has 5 heteroatoms. The number of carbonyl (C=O) groups excluding carboxylic acids is 1. The second-order valence-corrected chi connectivity index (χ2v) is 7.90. The van der Waals surface area contributed by atoms with E-state index in [9.17, 15) is 9.90 Å². The number of aliphatic hydroxyl groups excluding tert-OH is 1. The van der Waals surface area contributed by atoms with Crippen LogP contribution in [0, 0.1) is 0 Å². The molecule has 1 saturated carbocycles. The molecular formula is C20H28N2O3. The number of piperidine rings is 1. The molecule has 0 radical (unpaired) electrons. The van der Waals surface area contributed by atoms with E-state index in [4.69, 9.17) is 10.5 Å². The van der Waals surface area contributed by atoms with Crippen LogP contribution < -0.4 is 10.5 Å². The first-order valence-corrected chi connectivity index (χ1v) is 9.63. The molecule has 2 unspecified atom stereocenters. The summed E-state index contributed by atoms with van der Waals surface area (Å²) in [5, 5.41) is 9.91. The number of rotatable bonds is 3. The van der Waals surface area contributed by atoms with Gasteiger partial charge in [-0.05, 0) is 75.6 Å². The maximum Gasteiger partial charge on any atom is 0.254 e. The van der Waals surface area contributed by atoms with Crippen LogP contribution in [-0.4, -0.2) is 46.2 Å². The summed E-state index contributed by atoms with van der Waals surface area (Å²) in [6.07, 6.45) is 7.48. The van der Waals surface area contributed by atoms with Gasteiger partial charge in [-0.3, -0.25) is 4.79 Å². The van der Waals surface area contributed by atoms with Crippen LogP contribution in [0.5, 0.6) is 5.75 Å². The van der Waals surface area contributed by atoms with Crippen LogP contribution in [0.2, 0.25) is 0 Å². The van der Waals surface area contributed by atoms with E-state index in [0.29, 0.717) is 24.4 Å². The Hall–Kier alpha value is -1.59. The minimum atomic E-state index is -0.249. The number of carbonyl (C=O) groups is 1. The summed E-state index contributed by atoms with van der Waals surface area (Å²) in [5.41, 5.74) is 6.65. The lowest BCUT2D eigenvalue weighted by Crippen LogP contribution is -2.47. The van der Waals surface area contributed by atoms with Gasteiger partial charge in [-0.2, -0.15) is 0 Å². The van der Waals surface area contributed by atoms with Crippen LogP contribution >= 0.6 is 0 Å². The van der Waals surface area contributed by atoms with Crippen molar-refractivity contribution < 1.29 is 14.6 Å². The van der Waals surface area contributed by atoms with Gasteiger partial charge in [0.2, 0.25) is 0 Å². The number of amides is 1. The van der Waals surface area contributed by atoms with Gasteiger partial charge in [0.15, 0.2) is 0 Å². The zero-order valence-corrected chi connectivity index (χ0v) is 14.6. The monoisotopic (exact) mass is 344 g/mol. The molecule has 1 aromatic rings. The van der Waals surface area contributed by atoms with E-state index < -0.39 is 0 Å². The molecule has 136 valence electrons. The highest BCUT2D eigenvalue weighted by molar-refractivity contribution is 5.95. The Bertz CT molecular complexity index is 596. The summed E-state index contributed by atoms with van der Waals surface area (Å²) in [7, 11) is 0. The fraction of sp³-hybridized carbons (Fsp3) is 0.650. The molecule has 2 saturated heterocycles. The molecular weight excluding hydrogens is 316 g/mol. The summed E-state index contributed by atoms with van der Waals surface area (Å²) < 4.78 is 6.04. The fourth-order valence-corrected chi connectivity index (χ4v) is 4.70. The van der Waals surface area contributed by atoms with E-state index in [0.717, 1.165) is 44.3 Å². The Labute approximate surface area is 149 Å². The number of aliphatic hydroxyl groups is 1. The van der Waals surface area contributed by atoms with Crippen molar-refractivity contribution >= 4 is 5.91 Å². The number of benzene rings is 1. The van der Waals surface area contributed by atoms with Crippen molar-refractivity contribution in [3.63, 3.8) is 0 Å². The Morgan fingerprint density at radius 2 is 1.60 bits per heavy atom. The Kier molecular flexibility index (Phi) is 4.69. The van der Waals surface area contributed by atoms with E-state index in [1.165, 1.54) is 0 Å². The van der Waals surface area contributed by atoms with E-state index in [1.54, 1.807) is 0 Å². The van der Waals surface area contributed by atoms with Crippen molar-refractivity contribution in [3.05, 3.63) is 29.8 Å². The third-order valence-corrected chi connectivity index (χ3v) is 6.07. The van der Waals surface area contributed by atoms with Crippen LogP contribution in [0.4, 0.5) is 0 Å². The van der Waals surface area contributed by atoms with Crippen molar-refractivity contribution in [3.8, 4) is 5.75 Å². The van der Waals surface area contributed by atoms with Gasteiger partial charge in [0, 0.05) is 23.7 Å². The molecule has 3 N–H and O–H groups in total. The molecule has 0 aromatic heterocycles. The Morgan fingerprint density at radius 1 is 1.00 bits per heavy atom. The van der Waals surface area contributed by atoms with E-state index in [-0.39, 0.29) is 30.2 Å². The maximum atomic E-state index is 12.9. The van der Waals surface area contributed by atoms with Gasteiger partial charge in [0.25, 0.3) is 5.91 Å². The van der Waals surface area contributed by atoms with Crippen LogP contribution in [0.1, 0.15) is 61.7 Å². The van der Waals surface area contributed by atoms with Crippen molar-refractivity contribution in [2.24, 2.45) is 5.73 Å². The smallest absolute Gasteiger partial charge is 0.254 e. The number of nitrogens with two attached hydrogens (primary N) is 1. The van der Waals surface area contributed by atoms with Crippen molar-refractivity contribution in [1.82, 2.24) is 4.90 Å². The number of nitrogens with zero attached hydrogens (tertiary/aromatic N) is 1. The molecule has 1 amide bonds. The first-order valence-electron chi connectivity index (χ1n) is 9.63. The highest BCUT2D eigenvalue weighted by Gasteiger charge is 2.42. The van der Waals surface area contributed by atoms with Crippen molar-refractivity contribution in [2.45, 2.75) is 81.7 Å². The molecule has 2 heterocycles. The molecule has 1 aliphatic carbocycles. The number of fused-ring (bicyclic) bond motifs is 2. The number of ether oxygens (including phenoxy) is 1. The molecule has 2 aliphatic heterocycles. The molecule has 2 atom stereocenters.